The van der Waals surface area contributed by atoms with E-state index in [0.717, 1.165) is 0 Å². The van der Waals surface area contributed by atoms with Crippen molar-refractivity contribution in [3.8, 4) is 5.75 Å². The molecule has 0 amide bonds. The van der Waals surface area contributed by atoms with Gasteiger partial charge in [0, 0.05) is 5.56 Å². The number of Topliss-reactive ketones (excluding diaryl/α,β-unsaturated/α-hetero) is 1. The fourth-order valence-corrected chi connectivity index (χ4v) is 1.76. The van der Waals surface area contributed by atoms with Crippen LogP contribution >= 0.6 is 47.8 Å². The summed E-state index contributed by atoms with van der Waals surface area (Å²) in [5.74, 6) is -0.0325. The molecule has 1 aromatic carbocycles. The first-order valence-corrected chi connectivity index (χ1v) is 6.76. The summed E-state index contributed by atoms with van der Waals surface area (Å²) in [4.78, 5) is 12.0. The number of alkyl halides is 3. The number of para-hydroxylation sites is 1. The number of nitrogens with zero attached hydrogens (tertiary/aromatic N) is 1. The highest BCUT2D eigenvalue weighted by Gasteiger charge is 2.34. The lowest BCUT2D eigenvalue weighted by molar-refractivity contribution is -0.111. The number of benzene rings is 1. The van der Waals surface area contributed by atoms with Crippen molar-refractivity contribution in [3.05, 3.63) is 29.8 Å². The fourth-order valence-electron chi connectivity index (χ4n) is 1.20. The van der Waals surface area contributed by atoms with Gasteiger partial charge in [-0.05, 0) is 12.1 Å². The molecule has 7 heteroatoms. The lowest BCUT2D eigenvalue weighted by atomic mass is 10.1. The second-order valence-electron chi connectivity index (χ2n) is 2.98. The molecule has 1 aromatic rings. The highest BCUT2D eigenvalue weighted by molar-refractivity contribution is 9.40. The number of carbonyl (C=O) groups is 1. The van der Waals surface area contributed by atoms with Crippen LogP contribution in [0.1, 0.15) is 5.56 Å². The second-order valence-corrected chi connectivity index (χ2v) is 9.74. The Morgan fingerprint density at radius 1 is 1.35 bits per heavy atom. The molecule has 0 aromatic heterocycles. The Kier molecular flexibility index (Phi) is 5.15. The Hall–Kier alpha value is -0.400. The van der Waals surface area contributed by atoms with Gasteiger partial charge in [0.25, 0.3) is 0 Å². The number of carbonyl (C=O) groups excluding carboxylic acids is 1. The van der Waals surface area contributed by atoms with E-state index < -0.39 is 7.93 Å². The van der Waals surface area contributed by atoms with Gasteiger partial charge in [0.05, 0.1) is 7.11 Å². The summed E-state index contributed by atoms with van der Waals surface area (Å²) in [5, 5.41) is 12.0. The molecule has 0 heterocycles. The van der Waals surface area contributed by atoms with E-state index in [4.69, 9.17) is 9.94 Å². The van der Waals surface area contributed by atoms with E-state index in [2.05, 4.69) is 52.9 Å². The van der Waals surface area contributed by atoms with Crippen LogP contribution in [0.15, 0.2) is 29.4 Å². The van der Waals surface area contributed by atoms with Gasteiger partial charge in [-0.3, -0.25) is 4.79 Å². The Labute approximate surface area is 123 Å². The minimum absolute atomic E-state index is 0.118. The number of methoxy groups -OCH3 is 1. The summed E-state index contributed by atoms with van der Waals surface area (Å²) in [6.07, 6.45) is 0. The molecule has 0 atom stereocenters. The van der Waals surface area contributed by atoms with E-state index in [9.17, 15) is 4.79 Å². The molecular formula is C10H8Br3NO3. The van der Waals surface area contributed by atoms with Crippen molar-refractivity contribution in [2.45, 2.75) is 2.14 Å². The molecule has 0 aliphatic carbocycles. The topological polar surface area (TPSA) is 58.9 Å². The molecule has 0 unspecified atom stereocenters. The average Bonchev–Trinajstić information content (AvgIpc) is 2.29. The van der Waals surface area contributed by atoms with Crippen molar-refractivity contribution in [2.75, 3.05) is 7.11 Å². The Bertz CT molecular complexity index is 454. The SMILES string of the molecule is COc1ccccc1/C(=N\O)C(=O)C(Br)(Br)Br. The van der Waals surface area contributed by atoms with Crippen molar-refractivity contribution >= 4 is 59.3 Å². The van der Waals surface area contributed by atoms with Gasteiger partial charge in [-0.25, -0.2) is 0 Å². The van der Waals surface area contributed by atoms with Crippen molar-refractivity contribution in [1.29, 1.82) is 0 Å². The molecule has 0 radical (unpaired) electrons. The number of halogens is 3. The van der Waals surface area contributed by atoms with Crippen molar-refractivity contribution < 1.29 is 14.7 Å². The van der Waals surface area contributed by atoms with Gasteiger partial charge in [0.2, 0.25) is 5.78 Å². The summed E-state index contributed by atoms with van der Waals surface area (Å²) >= 11 is 9.24. The van der Waals surface area contributed by atoms with Gasteiger partial charge in [0.15, 0.2) is 7.85 Å². The van der Waals surface area contributed by atoms with E-state index in [0.29, 0.717) is 11.3 Å². The molecule has 0 aliphatic heterocycles. The molecule has 0 fully saturated rings. The fraction of sp³-hybridized carbons (Fsp3) is 0.200. The zero-order chi connectivity index (χ0) is 13.1. The third-order valence-electron chi connectivity index (χ3n) is 1.93. The van der Waals surface area contributed by atoms with E-state index in [1.54, 1.807) is 24.3 Å². The van der Waals surface area contributed by atoms with Crippen LogP contribution < -0.4 is 4.74 Å². The first-order chi connectivity index (χ1) is 7.91. The molecule has 92 valence electrons. The lowest BCUT2D eigenvalue weighted by Crippen LogP contribution is -2.28. The molecule has 1 rings (SSSR count). The van der Waals surface area contributed by atoms with Crippen LogP contribution in [-0.2, 0) is 4.79 Å². The molecule has 4 nitrogen and oxygen atoms in total. The lowest BCUT2D eigenvalue weighted by Gasteiger charge is -2.13. The van der Waals surface area contributed by atoms with Crippen LogP contribution in [0.25, 0.3) is 0 Å². The summed E-state index contributed by atoms with van der Waals surface area (Å²) in [6.45, 7) is 0. The maximum atomic E-state index is 12.0. The molecule has 1 N–H and O–H groups in total. The number of hydrogen-bond donors (Lipinski definition) is 1. The van der Waals surface area contributed by atoms with Crippen LogP contribution in [0.3, 0.4) is 0 Å². The highest BCUT2D eigenvalue weighted by Crippen LogP contribution is 2.36. The molecule has 0 aliphatic rings. The number of hydrogen-bond acceptors (Lipinski definition) is 4. The number of rotatable bonds is 3. The van der Waals surface area contributed by atoms with E-state index in [-0.39, 0.29) is 5.71 Å². The molecule has 0 saturated carbocycles. The molecule has 0 saturated heterocycles. The van der Waals surface area contributed by atoms with Gasteiger partial charge in [-0.2, -0.15) is 0 Å². The second kappa shape index (κ2) is 5.97. The minimum atomic E-state index is -1.17. The maximum Gasteiger partial charge on any atom is 0.223 e. The summed E-state index contributed by atoms with van der Waals surface area (Å²) < 4.78 is 3.93. The van der Waals surface area contributed by atoms with Crippen molar-refractivity contribution in [3.63, 3.8) is 0 Å². The number of ether oxygens (including phenoxy) is 1. The van der Waals surface area contributed by atoms with Gasteiger partial charge in [0.1, 0.15) is 5.75 Å². The first-order valence-electron chi connectivity index (χ1n) is 4.38. The standard InChI is InChI=1S/C10H8Br3NO3/c1-17-7-5-3-2-4-6(7)8(14-16)9(15)10(11,12)13/h2-5,16H,1H3/b14-8+. The van der Waals surface area contributed by atoms with E-state index in [1.807, 2.05) is 0 Å². The highest BCUT2D eigenvalue weighted by atomic mass is 80.0. The summed E-state index contributed by atoms with van der Waals surface area (Å²) in [7, 11) is 1.47. The number of ketones is 1. The van der Waals surface area contributed by atoms with Gasteiger partial charge < -0.3 is 9.94 Å². The van der Waals surface area contributed by atoms with Crippen molar-refractivity contribution in [1.82, 2.24) is 0 Å². The van der Waals surface area contributed by atoms with Crippen LogP contribution in [-0.4, -0.2) is 26.0 Å². The van der Waals surface area contributed by atoms with Crippen LogP contribution in [0.2, 0.25) is 0 Å². The van der Waals surface area contributed by atoms with Gasteiger partial charge >= 0.3 is 0 Å². The largest absolute Gasteiger partial charge is 0.496 e. The maximum absolute atomic E-state index is 12.0. The number of oxime groups is 1. The predicted octanol–water partition coefficient (Wildman–Crippen LogP) is 3.28. The Morgan fingerprint density at radius 3 is 2.41 bits per heavy atom. The molecule has 0 spiro atoms. The van der Waals surface area contributed by atoms with Crippen molar-refractivity contribution in [2.24, 2.45) is 5.16 Å². The molecule has 0 bridgehead atoms. The Morgan fingerprint density at radius 2 is 1.94 bits per heavy atom. The molecule has 17 heavy (non-hydrogen) atoms. The smallest absolute Gasteiger partial charge is 0.223 e. The quantitative estimate of drug-likeness (QED) is 0.347. The Balaban J connectivity index is 3.25. The third-order valence-corrected chi connectivity index (χ3v) is 3.01. The summed E-state index contributed by atoms with van der Waals surface area (Å²) in [5.41, 5.74) is 0.290. The monoisotopic (exact) mass is 427 g/mol. The van der Waals surface area contributed by atoms with Gasteiger partial charge in [-0.15, -0.1) is 0 Å². The van der Waals surface area contributed by atoms with E-state index in [1.165, 1.54) is 7.11 Å². The van der Waals surface area contributed by atoms with Gasteiger partial charge in [-0.1, -0.05) is 65.1 Å². The predicted molar refractivity (Wildman–Crippen MR) is 75.8 cm³/mol. The van der Waals surface area contributed by atoms with Crippen LogP contribution in [0.5, 0.6) is 5.75 Å². The van der Waals surface area contributed by atoms with E-state index >= 15 is 0 Å². The average molecular weight is 430 g/mol. The summed E-state index contributed by atoms with van der Waals surface area (Å²) in [6, 6.07) is 6.77. The normalized spacial score (nSPS) is 12.4. The van der Waals surface area contributed by atoms with Crippen LogP contribution in [0, 0.1) is 0 Å². The third kappa shape index (κ3) is 3.53. The molecular weight excluding hydrogens is 422 g/mol. The zero-order valence-corrected chi connectivity index (χ0v) is 13.4. The minimum Gasteiger partial charge on any atom is -0.496 e. The first kappa shape index (κ1) is 14.7. The van der Waals surface area contributed by atoms with Crippen LogP contribution in [0.4, 0.5) is 0 Å². The zero-order valence-electron chi connectivity index (χ0n) is 8.65.